The number of carbonyl (C=O) groups is 2. The number of hydrogen-bond acceptors (Lipinski definition) is 3. The molecule has 2 saturated carbocycles. The molecule has 2 heterocycles. The number of rotatable bonds is 3. The van der Waals surface area contributed by atoms with Crippen LogP contribution in [-0.4, -0.2) is 33.7 Å². The third-order valence-corrected chi connectivity index (χ3v) is 10.6. The molecule has 7 heteroatoms. The Hall–Kier alpha value is -2.34. The lowest BCUT2D eigenvalue weighted by atomic mass is 9.49. The van der Waals surface area contributed by atoms with Gasteiger partial charge in [-0.3, -0.25) is 14.9 Å². The van der Waals surface area contributed by atoms with Gasteiger partial charge in [0.2, 0.25) is 17.8 Å². The molecule has 0 spiro atoms. The zero-order valence-electron chi connectivity index (χ0n) is 20.9. The first kappa shape index (κ1) is 23.1. The molecule has 35 heavy (non-hydrogen) atoms. The van der Waals surface area contributed by atoms with Crippen LogP contribution in [0.5, 0.6) is 0 Å². The van der Waals surface area contributed by atoms with Gasteiger partial charge in [0.1, 0.15) is 0 Å². The van der Waals surface area contributed by atoms with Crippen molar-refractivity contribution in [3.63, 3.8) is 0 Å². The summed E-state index contributed by atoms with van der Waals surface area (Å²) in [6, 6.07) is 7.82. The average Bonchev–Trinajstić information content (AvgIpc) is 3.37. The third kappa shape index (κ3) is 3.46. The number of anilines is 1. The highest BCUT2D eigenvalue weighted by Crippen LogP contribution is 2.67. The summed E-state index contributed by atoms with van der Waals surface area (Å²) in [6.45, 7) is 4.77. The highest BCUT2D eigenvalue weighted by molar-refractivity contribution is 6.30. The van der Waals surface area contributed by atoms with E-state index in [1.165, 1.54) is 0 Å². The molecule has 1 saturated heterocycles. The van der Waals surface area contributed by atoms with Crippen molar-refractivity contribution in [2.75, 3.05) is 12.4 Å². The SMILES string of the molecule is CN1C(=O)CC[C@@]2(C)C1=C(Cl)CC1C2CC[C@]2(C)[C@@H](CC(=O)Nc3nc4ccccc4[nH]3)CC[C@@H]12. The fourth-order valence-corrected chi connectivity index (χ4v) is 9.06. The van der Waals surface area contributed by atoms with Gasteiger partial charge in [-0.1, -0.05) is 37.6 Å². The number of carbonyl (C=O) groups excluding carboxylic acids is 2. The number of hydrogen-bond donors (Lipinski definition) is 2. The van der Waals surface area contributed by atoms with Crippen LogP contribution in [0.4, 0.5) is 5.95 Å². The van der Waals surface area contributed by atoms with E-state index in [1.54, 1.807) is 0 Å². The molecule has 6 nitrogen and oxygen atoms in total. The maximum Gasteiger partial charge on any atom is 0.226 e. The Morgan fingerprint density at radius 1 is 1.20 bits per heavy atom. The number of aromatic amines is 1. The molecule has 0 radical (unpaired) electrons. The van der Waals surface area contributed by atoms with E-state index in [2.05, 4.69) is 29.1 Å². The predicted molar refractivity (Wildman–Crippen MR) is 137 cm³/mol. The third-order valence-electron chi connectivity index (χ3n) is 10.3. The minimum Gasteiger partial charge on any atom is -0.324 e. The maximum absolute atomic E-state index is 13.1. The van der Waals surface area contributed by atoms with Crippen LogP contribution >= 0.6 is 11.6 Å². The average molecular weight is 495 g/mol. The fourth-order valence-electron chi connectivity index (χ4n) is 8.54. The highest BCUT2D eigenvalue weighted by atomic mass is 35.5. The van der Waals surface area contributed by atoms with Gasteiger partial charge in [0.15, 0.2) is 0 Å². The molecule has 4 aliphatic rings. The van der Waals surface area contributed by atoms with E-state index in [0.717, 1.165) is 60.3 Å². The van der Waals surface area contributed by atoms with Crippen LogP contribution < -0.4 is 5.32 Å². The molecular weight excluding hydrogens is 460 g/mol. The summed E-state index contributed by atoms with van der Waals surface area (Å²) in [4.78, 5) is 35.1. The van der Waals surface area contributed by atoms with Gasteiger partial charge >= 0.3 is 0 Å². The van der Waals surface area contributed by atoms with Crippen LogP contribution in [0.15, 0.2) is 35.0 Å². The van der Waals surface area contributed by atoms with Gasteiger partial charge in [-0.05, 0) is 79.7 Å². The van der Waals surface area contributed by atoms with Crippen molar-refractivity contribution in [3.05, 3.63) is 35.0 Å². The van der Waals surface area contributed by atoms with E-state index < -0.39 is 0 Å². The predicted octanol–water partition coefficient (Wildman–Crippen LogP) is 6.06. The van der Waals surface area contributed by atoms with Crippen molar-refractivity contribution < 1.29 is 9.59 Å². The highest BCUT2D eigenvalue weighted by Gasteiger charge is 2.60. The molecule has 3 fully saturated rings. The topological polar surface area (TPSA) is 78.1 Å². The van der Waals surface area contributed by atoms with Crippen molar-refractivity contribution in [1.29, 1.82) is 0 Å². The lowest BCUT2D eigenvalue weighted by Gasteiger charge is -2.59. The second-order valence-corrected chi connectivity index (χ2v) is 12.3. The van der Waals surface area contributed by atoms with Gasteiger partial charge in [-0.25, -0.2) is 4.98 Å². The second-order valence-electron chi connectivity index (χ2n) is 11.9. The largest absolute Gasteiger partial charge is 0.324 e. The summed E-state index contributed by atoms with van der Waals surface area (Å²) in [7, 11) is 1.90. The molecule has 1 aromatic carbocycles. The number of fused-ring (bicyclic) bond motifs is 6. The van der Waals surface area contributed by atoms with Crippen molar-refractivity contribution in [2.45, 2.75) is 65.2 Å². The zero-order chi connectivity index (χ0) is 24.5. The van der Waals surface area contributed by atoms with E-state index in [9.17, 15) is 9.59 Å². The summed E-state index contributed by atoms with van der Waals surface area (Å²) in [5.74, 6) is 2.77. The van der Waals surface area contributed by atoms with E-state index in [0.29, 0.717) is 42.5 Å². The van der Waals surface area contributed by atoms with Gasteiger partial charge in [-0.2, -0.15) is 0 Å². The van der Waals surface area contributed by atoms with Crippen LogP contribution in [0.2, 0.25) is 0 Å². The molecule has 6 atom stereocenters. The Balaban J connectivity index is 1.20. The molecule has 0 bridgehead atoms. The molecule has 186 valence electrons. The van der Waals surface area contributed by atoms with Gasteiger partial charge in [0, 0.05) is 36.0 Å². The van der Waals surface area contributed by atoms with Crippen molar-refractivity contribution in [1.82, 2.24) is 14.9 Å². The molecule has 2 aromatic rings. The van der Waals surface area contributed by atoms with Gasteiger partial charge < -0.3 is 9.88 Å². The Labute approximate surface area is 211 Å². The number of nitrogens with zero attached hydrogens (tertiary/aromatic N) is 2. The quantitative estimate of drug-likeness (QED) is 0.544. The van der Waals surface area contributed by atoms with E-state index in [4.69, 9.17) is 11.6 Å². The van der Waals surface area contributed by atoms with Crippen LogP contribution in [-0.2, 0) is 9.59 Å². The summed E-state index contributed by atoms with van der Waals surface area (Å²) in [5.41, 5.74) is 2.99. The molecular formula is C28H35ClN4O2. The summed E-state index contributed by atoms with van der Waals surface area (Å²) in [5, 5.41) is 3.90. The van der Waals surface area contributed by atoms with Crippen molar-refractivity contribution in [3.8, 4) is 0 Å². The standard InChI is InChI=1S/C28H35ClN4O2/c1-27-12-10-19-17(15-20(29)25-28(19,2)13-11-24(35)33(25)3)18(27)9-8-16(27)14-23(34)32-26-30-21-6-4-5-7-22(21)31-26/h4-7,16-19H,8-15H2,1-3H3,(H2,30,31,32,34)/t16-,17?,18+,19?,27-,28-/m1/s1. The number of allylic oxidation sites excluding steroid dienone is 2. The Morgan fingerprint density at radius 2 is 2.00 bits per heavy atom. The smallest absolute Gasteiger partial charge is 0.226 e. The minimum atomic E-state index is -0.0270. The van der Waals surface area contributed by atoms with Crippen LogP contribution in [0.1, 0.15) is 65.2 Å². The van der Waals surface area contributed by atoms with Gasteiger partial charge in [-0.15, -0.1) is 0 Å². The van der Waals surface area contributed by atoms with E-state index in [-0.39, 0.29) is 22.6 Å². The van der Waals surface area contributed by atoms with E-state index in [1.807, 2.05) is 36.2 Å². The van der Waals surface area contributed by atoms with Crippen LogP contribution in [0.3, 0.4) is 0 Å². The number of aromatic nitrogens is 2. The summed E-state index contributed by atoms with van der Waals surface area (Å²) < 4.78 is 0. The molecule has 1 aliphatic heterocycles. The minimum absolute atomic E-state index is 0.0270. The monoisotopic (exact) mass is 494 g/mol. The Bertz CT molecular complexity index is 1200. The Morgan fingerprint density at radius 3 is 2.80 bits per heavy atom. The number of amides is 2. The number of para-hydroxylation sites is 2. The number of benzene rings is 1. The number of piperidine rings is 1. The number of H-pyrrole nitrogens is 1. The zero-order valence-corrected chi connectivity index (χ0v) is 21.6. The van der Waals surface area contributed by atoms with Gasteiger partial charge in [0.05, 0.1) is 11.0 Å². The molecule has 6 rings (SSSR count). The number of imidazole rings is 1. The summed E-state index contributed by atoms with van der Waals surface area (Å²) >= 11 is 6.95. The first-order valence-electron chi connectivity index (χ1n) is 13.1. The lowest BCUT2D eigenvalue weighted by molar-refractivity contribution is -0.136. The van der Waals surface area contributed by atoms with Crippen molar-refractivity contribution >= 4 is 40.4 Å². The van der Waals surface area contributed by atoms with Crippen LogP contribution in [0.25, 0.3) is 11.0 Å². The van der Waals surface area contributed by atoms with E-state index >= 15 is 0 Å². The molecule has 2 unspecified atom stereocenters. The summed E-state index contributed by atoms with van der Waals surface area (Å²) in [6.07, 6.45) is 7.43. The molecule has 3 aliphatic carbocycles. The van der Waals surface area contributed by atoms with Crippen molar-refractivity contribution in [2.24, 2.45) is 34.5 Å². The van der Waals surface area contributed by atoms with Crippen LogP contribution in [0, 0.1) is 34.5 Å². The van der Waals surface area contributed by atoms with Gasteiger partial charge in [0.25, 0.3) is 0 Å². The number of halogens is 1. The fraction of sp³-hybridized carbons (Fsp3) is 0.607. The lowest BCUT2D eigenvalue weighted by Crippen LogP contribution is -2.54. The first-order valence-corrected chi connectivity index (χ1v) is 13.5. The first-order chi connectivity index (χ1) is 16.7. The molecule has 2 amide bonds. The number of nitrogens with one attached hydrogen (secondary N) is 2. The molecule has 1 aromatic heterocycles. The number of likely N-dealkylation sites (tertiary alicyclic amines) is 1. The second kappa shape index (κ2) is 8.09. The molecule has 2 N–H and O–H groups in total. The Kier molecular flexibility index (Phi) is 5.33. The maximum atomic E-state index is 13.1. The normalized spacial score (nSPS) is 36.7.